The summed E-state index contributed by atoms with van der Waals surface area (Å²) in [7, 11) is 0. The average molecular weight is 234 g/mol. The number of nitrogens with one attached hydrogen (secondary N) is 1. The highest BCUT2D eigenvalue weighted by Crippen LogP contribution is 2.17. The number of rotatable bonds is 6. The lowest BCUT2D eigenvalue weighted by atomic mass is 9.95. The first kappa shape index (κ1) is 14.2. The van der Waals surface area contributed by atoms with E-state index in [9.17, 15) is 0 Å². The zero-order valence-corrected chi connectivity index (χ0v) is 11.5. The molecular weight excluding hydrogens is 208 g/mol. The summed E-state index contributed by atoms with van der Waals surface area (Å²) in [5.41, 5.74) is 8.52. The average Bonchev–Trinajstić information content (AvgIpc) is 2.29. The Kier molecular flexibility index (Phi) is 5.66. The Morgan fingerprint density at radius 1 is 1.18 bits per heavy atom. The quantitative estimate of drug-likeness (QED) is 0.794. The summed E-state index contributed by atoms with van der Waals surface area (Å²) in [6.07, 6.45) is 0. The monoisotopic (exact) mass is 234 g/mol. The normalized spacial score (nSPS) is 14.9. The zero-order valence-electron chi connectivity index (χ0n) is 11.5. The molecular formula is C15H26N2. The lowest BCUT2D eigenvalue weighted by molar-refractivity contribution is 0.356. The molecule has 2 nitrogen and oxygen atoms in total. The lowest BCUT2D eigenvalue weighted by Gasteiger charge is -2.23. The molecule has 0 amide bonds. The van der Waals surface area contributed by atoms with Crippen LogP contribution in [0, 0.1) is 18.8 Å². The van der Waals surface area contributed by atoms with E-state index < -0.39 is 0 Å². The first-order chi connectivity index (χ1) is 8.06. The van der Waals surface area contributed by atoms with Crippen molar-refractivity contribution in [1.29, 1.82) is 0 Å². The van der Waals surface area contributed by atoms with Crippen molar-refractivity contribution in [3.63, 3.8) is 0 Å². The van der Waals surface area contributed by atoms with Crippen LogP contribution < -0.4 is 11.1 Å². The van der Waals surface area contributed by atoms with Gasteiger partial charge >= 0.3 is 0 Å². The van der Waals surface area contributed by atoms with Crippen molar-refractivity contribution >= 4 is 0 Å². The van der Waals surface area contributed by atoms with E-state index in [1.54, 1.807) is 0 Å². The summed E-state index contributed by atoms with van der Waals surface area (Å²) in [6, 6.07) is 8.94. The SMILES string of the molecule is Cc1ccccc1[C@@H](C)NCC(CN)C(C)C. The molecule has 0 aliphatic carbocycles. The highest BCUT2D eigenvalue weighted by molar-refractivity contribution is 5.28. The number of aryl methyl sites for hydroxylation is 1. The minimum absolute atomic E-state index is 0.393. The van der Waals surface area contributed by atoms with Crippen molar-refractivity contribution in [3.05, 3.63) is 35.4 Å². The molecule has 0 saturated heterocycles. The molecule has 1 aromatic carbocycles. The molecule has 3 N–H and O–H groups in total. The summed E-state index contributed by atoms with van der Waals surface area (Å²) in [5, 5.41) is 3.59. The molecule has 1 aromatic rings. The van der Waals surface area contributed by atoms with Gasteiger partial charge in [-0.05, 0) is 49.9 Å². The molecule has 0 spiro atoms. The van der Waals surface area contributed by atoms with Gasteiger partial charge in [0.15, 0.2) is 0 Å². The molecule has 0 bridgehead atoms. The molecule has 0 aliphatic rings. The van der Waals surface area contributed by atoms with Gasteiger partial charge in [-0.3, -0.25) is 0 Å². The highest BCUT2D eigenvalue weighted by Gasteiger charge is 2.13. The van der Waals surface area contributed by atoms with Gasteiger partial charge in [0.2, 0.25) is 0 Å². The van der Waals surface area contributed by atoms with E-state index in [1.807, 2.05) is 0 Å². The van der Waals surface area contributed by atoms with Gasteiger partial charge in [-0.25, -0.2) is 0 Å². The van der Waals surface area contributed by atoms with E-state index in [-0.39, 0.29) is 0 Å². The summed E-state index contributed by atoms with van der Waals surface area (Å²) < 4.78 is 0. The van der Waals surface area contributed by atoms with E-state index in [1.165, 1.54) is 11.1 Å². The number of hydrogen-bond acceptors (Lipinski definition) is 2. The van der Waals surface area contributed by atoms with Crippen LogP contribution in [0.1, 0.15) is 37.9 Å². The van der Waals surface area contributed by atoms with Gasteiger partial charge in [0.05, 0.1) is 0 Å². The molecule has 96 valence electrons. The fourth-order valence-electron chi connectivity index (χ4n) is 2.10. The van der Waals surface area contributed by atoms with E-state index in [0.29, 0.717) is 17.9 Å². The number of hydrogen-bond donors (Lipinski definition) is 2. The fraction of sp³-hybridized carbons (Fsp3) is 0.600. The molecule has 0 fully saturated rings. The summed E-state index contributed by atoms with van der Waals surface area (Å²) in [5.74, 6) is 1.19. The van der Waals surface area contributed by atoms with Gasteiger partial charge in [-0.1, -0.05) is 38.1 Å². The van der Waals surface area contributed by atoms with Crippen LogP contribution in [0.3, 0.4) is 0 Å². The Labute approximate surface area is 106 Å². The van der Waals surface area contributed by atoms with Crippen molar-refractivity contribution in [1.82, 2.24) is 5.32 Å². The topological polar surface area (TPSA) is 38.0 Å². The van der Waals surface area contributed by atoms with Crippen LogP contribution in [0.2, 0.25) is 0 Å². The molecule has 1 rings (SSSR count). The molecule has 2 atom stereocenters. The lowest BCUT2D eigenvalue weighted by Crippen LogP contribution is -2.33. The third-order valence-corrected chi connectivity index (χ3v) is 3.59. The molecule has 0 aromatic heterocycles. The number of nitrogens with two attached hydrogens (primary N) is 1. The first-order valence-electron chi connectivity index (χ1n) is 6.55. The molecule has 0 saturated carbocycles. The molecule has 2 heteroatoms. The highest BCUT2D eigenvalue weighted by atomic mass is 14.9. The van der Waals surface area contributed by atoms with Crippen LogP contribution in [0.4, 0.5) is 0 Å². The van der Waals surface area contributed by atoms with Crippen LogP contribution in [0.5, 0.6) is 0 Å². The molecule has 1 unspecified atom stereocenters. The number of benzene rings is 1. The summed E-state index contributed by atoms with van der Waals surface area (Å²) >= 11 is 0. The van der Waals surface area contributed by atoms with Crippen molar-refractivity contribution in [2.75, 3.05) is 13.1 Å². The molecule has 0 heterocycles. The Morgan fingerprint density at radius 3 is 2.35 bits per heavy atom. The van der Waals surface area contributed by atoms with Gasteiger partial charge in [0, 0.05) is 6.04 Å². The van der Waals surface area contributed by atoms with E-state index in [0.717, 1.165) is 13.1 Å². The summed E-state index contributed by atoms with van der Waals surface area (Å²) in [6.45, 7) is 10.6. The van der Waals surface area contributed by atoms with Crippen molar-refractivity contribution < 1.29 is 0 Å². The molecule has 0 radical (unpaired) electrons. The maximum absolute atomic E-state index is 5.79. The van der Waals surface area contributed by atoms with Crippen LogP contribution in [-0.4, -0.2) is 13.1 Å². The minimum atomic E-state index is 0.393. The minimum Gasteiger partial charge on any atom is -0.330 e. The van der Waals surface area contributed by atoms with Crippen LogP contribution in [-0.2, 0) is 0 Å². The van der Waals surface area contributed by atoms with Gasteiger partial charge in [0.1, 0.15) is 0 Å². The Bertz CT molecular complexity index is 333. The first-order valence-corrected chi connectivity index (χ1v) is 6.55. The fourth-order valence-corrected chi connectivity index (χ4v) is 2.10. The van der Waals surface area contributed by atoms with Crippen LogP contribution >= 0.6 is 0 Å². The van der Waals surface area contributed by atoms with Gasteiger partial charge < -0.3 is 11.1 Å². The molecule has 0 aliphatic heterocycles. The Balaban J connectivity index is 2.55. The third-order valence-electron chi connectivity index (χ3n) is 3.59. The standard InChI is InChI=1S/C15H26N2/c1-11(2)14(9-16)10-17-13(4)15-8-6-5-7-12(15)3/h5-8,11,13-14,17H,9-10,16H2,1-4H3/t13-,14?/m1/s1. The second kappa shape index (κ2) is 6.77. The largest absolute Gasteiger partial charge is 0.330 e. The van der Waals surface area contributed by atoms with Gasteiger partial charge in [-0.2, -0.15) is 0 Å². The van der Waals surface area contributed by atoms with Crippen LogP contribution in [0.25, 0.3) is 0 Å². The van der Waals surface area contributed by atoms with Gasteiger partial charge in [0.25, 0.3) is 0 Å². The summed E-state index contributed by atoms with van der Waals surface area (Å²) in [4.78, 5) is 0. The zero-order chi connectivity index (χ0) is 12.8. The second-order valence-corrected chi connectivity index (χ2v) is 5.23. The molecule has 17 heavy (non-hydrogen) atoms. The van der Waals surface area contributed by atoms with Crippen LogP contribution in [0.15, 0.2) is 24.3 Å². The van der Waals surface area contributed by atoms with Crippen molar-refractivity contribution in [2.45, 2.75) is 33.7 Å². The Morgan fingerprint density at radius 2 is 1.82 bits per heavy atom. The predicted octanol–water partition coefficient (Wildman–Crippen LogP) is 2.88. The van der Waals surface area contributed by atoms with E-state index in [4.69, 9.17) is 5.73 Å². The van der Waals surface area contributed by atoms with Gasteiger partial charge in [-0.15, -0.1) is 0 Å². The van der Waals surface area contributed by atoms with E-state index >= 15 is 0 Å². The maximum atomic E-state index is 5.79. The second-order valence-electron chi connectivity index (χ2n) is 5.23. The predicted molar refractivity (Wildman–Crippen MR) is 75.0 cm³/mol. The maximum Gasteiger partial charge on any atom is 0.0294 e. The Hall–Kier alpha value is -0.860. The van der Waals surface area contributed by atoms with E-state index in [2.05, 4.69) is 57.3 Å². The third kappa shape index (κ3) is 4.14. The van der Waals surface area contributed by atoms with Crippen molar-refractivity contribution in [2.24, 2.45) is 17.6 Å². The smallest absolute Gasteiger partial charge is 0.0294 e. The van der Waals surface area contributed by atoms with Crippen molar-refractivity contribution in [3.8, 4) is 0 Å².